The van der Waals surface area contributed by atoms with Crippen molar-refractivity contribution < 1.29 is 23.5 Å². The lowest BCUT2D eigenvalue weighted by molar-refractivity contribution is -0.118. The van der Waals surface area contributed by atoms with Crippen LogP contribution < -0.4 is 20.1 Å². The molecule has 2 fully saturated rings. The Balaban J connectivity index is 1.29. The summed E-state index contributed by atoms with van der Waals surface area (Å²) in [5.41, 5.74) is 8.30. The number of benzene rings is 2. The zero-order valence-electron chi connectivity index (χ0n) is 23.0. The van der Waals surface area contributed by atoms with Gasteiger partial charge < -0.3 is 15.2 Å². The molecule has 0 bridgehead atoms. The molecule has 0 saturated carbocycles. The molecule has 2 amide bonds. The normalized spacial score (nSPS) is 16.9. The molecule has 2 aromatic carbocycles. The fourth-order valence-corrected chi connectivity index (χ4v) is 5.75. The molecule has 0 radical (unpaired) electrons. The number of carbonyl (C=O) groups is 2. The first-order valence-electron chi connectivity index (χ1n) is 13.8. The number of hydrogen-bond donors (Lipinski definition) is 1. The Morgan fingerprint density at radius 2 is 1.68 bits per heavy atom. The van der Waals surface area contributed by atoms with Crippen LogP contribution in [-0.2, 0) is 11.3 Å². The van der Waals surface area contributed by atoms with Crippen LogP contribution in [0.3, 0.4) is 0 Å². The monoisotopic (exact) mass is 546 g/mol. The second-order valence-corrected chi connectivity index (χ2v) is 10.5. The first kappa shape index (κ1) is 27.6. The van der Waals surface area contributed by atoms with Crippen LogP contribution in [0.1, 0.15) is 49.0 Å². The molecule has 1 spiro atoms. The van der Waals surface area contributed by atoms with Crippen molar-refractivity contribution in [3.8, 4) is 22.6 Å². The topological polar surface area (TPSA) is 98.0 Å². The number of nitrogens with two attached hydrogens (primary N) is 1. The maximum Gasteiger partial charge on any atom is 0.250 e. The average molecular weight is 547 g/mol. The van der Waals surface area contributed by atoms with Gasteiger partial charge in [0.1, 0.15) is 23.1 Å². The Bertz CT molecular complexity index is 1340. The van der Waals surface area contributed by atoms with E-state index >= 15 is 0 Å². The predicted molar refractivity (Wildman–Crippen MR) is 151 cm³/mol. The van der Waals surface area contributed by atoms with Gasteiger partial charge in [-0.05, 0) is 92.7 Å². The molecular weight excluding hydrogens is 511 g/mol. The number of carbonyl (C=O) groups excluding carboxylic acids is 2. The molecule has 210 valence electrons. The van der Waals surface area contributed by atoms with E-state index in [-0.39, 0.29) is 17.1 Å². The molecule has 5 rings (SSSR count). The number of rotatable bonds is 9. The molecule has 3 heterocycles. The number of nitrogens with zero attached hydrogens (tertiary/aromatic N) is 3. The Hall–Kier alpha value is -3.98. The van der Waals surface area contributed by atoms with Crippen molar-refractivity contribution >= 4 is 17.6 Å². The number of piperidine rings is 1. The second kappa shape index (κ2) is 11.6. The SMILES string of the molecule is CCOc1cc(CN2CCC3(CC2)CC(=O)N(c2ccc(C(N)=O)cn2)C3)cc(OCC)c1-c1ccc(F)cc1. The van der Waals surface area contributed by atoms with E-state index in [1.165, 1.54) is 18.3 Å². The van der Waals surface area contributed by atoms with Crippen LogP contribution in [0.4, 0.5) is 10.2 Å². The number of ether oxygens (including phenoxy) is 2. The number of likely N-dealkylation sites (tertiary alicyclic amines) is 1. The quantitative estimate of drug-likeness (QED) is 0.414. The summed E-state index contributed by atoms with van der Waals surface area (Å²) >= 11 is 0. The van der Waals surface area contributed by atoms with E-state index in [9.17, 15) is 14.0 Å². The molecule has 2 aliphatic rings. The van der Waals surface area contributed by atoms with E-state index in [0.717, 1.165) is 60.7 Å². The summed E-state index contributed by atoms with van der Waals surface area (Å²) in [6, 6.07) is 13.8. The molecule has 1 aromatic heterocycles. The van der Waals surface area contributed by atoms with Crippen LogP contribution in [0.15, 0.2) is 54.7 Å². The maximum atomic E-state index is 13.6. The highest BCUT2D eigenvalue weighted by atomic mass is 19.1. The van der Waals surface area contributed by atoms with Crippen LogP contribution in [0.5, 0.6) is 11.5 Å². The molecule has 0 aliphatic carbocycles. The Morgan fingerprint density at radius 1 is 1.02 bits per heavy atom. The van der Waals surface area contributed by atoms with Gasteiger partial charge in [0.15, 0.2) is 0 Å². The summed E-state index contributed by atoms with van der Waals surface area (Å²) in [7, 11) is 0. The van der Waals surface area contributed by atoms with Crippen molar-refractivity contribution in [1.82, 2.24) is 9.88 Å². The lowest BCUT2D eigenvalue weighted by Gasteiger charge is -2.38. The third-order valence-electron chi connectivity index (χ3n) is 7.81. The summed E-state index contributed by atoms with van der Waals surface area (Å²) in [5, 5.41) is 0. The van der Waals surface area contributed by atoms with Crippen LogP contribution in [0.2, 0.25) is 0 Å². The molecule has 9 heteroatoms. The fourth-order valence-electron chi connectivity index (χ4n) is 5.75. The summed E-state index contributed by atoms with van der Waals surface area (Å²) in [6.07, 6.45) is 3.72. The van der Waals surface area contributed by atoms with Gasteiger partial charge in [-0.2, -0.15) is 0 Å². The van der Waals surface area contributed by atoms with E-state index in [1.54, 1.807) is 29.2 Å². The summed E-state index contributed by atoms with van der Waals surface area (Å²) < 4.78 is 25.7. The Morgan fingerprint density at radius 3 is 2.23 bits per heavy atom. The number of primary amides is 1. The van der Waals surface area contributed by atoms with Crippen molar-refractivity contribution in [2.75, 3.05) is 37.7 Å². The molecule has 2 saturated heterocycles. The predicted octanol–water partition coefficient (Wildman–Crippen LogP) is 4.80. The smallest absolute Gasteiger partial charge is 0.250 e. The van der Waals surface area contributed by atoms with E-state index in [0.29, 0.717) is 37.6 Å². The average Bonchev–Trinajstić information content (AvgIpc) is 3.26. The molecule has 0 unspecified atom stereocenters. The lowest BCUT2D eigenvalue weighted by Crippen LogP contribution is -2.41. The Labute approximate surface area is 233 Å². The van der Waals surface area contributed by atoms with Crippen LogP contribution in [0, 0.1) is 11.2 Å². The minimum absolute atomic E-state index is 0.0619. The van der Waals surface area contributed by atoms with Crippen LogP contribution in [0.25, 0.3) is 11.1 Å². The van der Waals surface area contributed by atoms with Gasteiger partial charge in [-0.15, -0.1) is 0 Å². The molecule has 2 N–H and O–H groups in total. The lowest BCUT2D eigenvalue weighted by atomic mass is 9.77. The minimum Gasteiger partial charge on any atom is -0.493 e. The van der Waals surface area contributed by atoms with Crippen molar-refractivity contribution in [2.24, 2.45) is 11.1 Å². The van der Waals surface area contributed by atoms with Gasteiger partial charge in [-0.3, -0.25) is 19.4 Å². The van der Waals surface area contributed by atoms with E-state index < -0.39 is 5.91 Å². The highest BCUT2D eigenvalue weighted by Gasteiger charge is 2.45. The molecule has 3 aromatic rings. The van der Waals surface area contributed by atoms with Gasteiger partial charge in [0.05, 0.1) is 24.3 Å². The summed E-state index contributed by atoms with van der Waals surface area (Å²) in [4.78, 5) is 32.8. The van der Waals surface area contributed by atoms with Crippen molar-refractivity contribution in [3.63, 3.8) is 0 Å². The highest BCUT2D eigenvalue weighted by Crippen LogP contribution is 2.44. The standard InChI is InChI=1S/C31H35FN4O4/c1-3-39-25-15-21(16-26(40-4-2)29(25)22-5-8-24(32)9-6-22)19-35-13-11-31(12-14-35)17-28(37)36(20-31)27-10-7-23(18-34-27)30(33)38/h5-10,15-16,18H,3-4,11-14,17,19-20H2,1-2H3,(H2,33,38). The number of halogens is 1. The zero-order valence-corrected chi connectivity index (χ0v) is 23.0. The van der Waals surface area contributed by atoms with Gasteiger partial charge >= 0.3 is 0 Å². The zero-order chi connectivity index (χ0) is 28.3. The molecular formula is C31H35FN4O4. The second-order valence-electron chi connectivity index (χ2n) is 10.5. The number of hydrogen-bond acceptors (Lipinski definition) is 6. The maximum absolute atomic E-state index is 13.6. The molecule has 40 heavy (non-hydrogen) atoms. The summed E-state index contributed by atoms with van der Waals surface area (Å²) in [6.45, 7) is 7.97. The minimum atomic E-state index is -0.539. The van der Waals surface area contributed by atoms with Gasteiger partial charge in [-0.1, -0.05) is 12.1 Å². The van der Waals surface area contributed by atoms with Crippen LogP contribution in [-0.4, -0.2) is 54.5 Å². The highest BCUT2D eigenvalue weighted by molar-refractivity contribution is 5.96. The number of pyridine rings is 1. The van der Waals surface area contributed by atoms with Gasteiger partial charge in [-0.25, -0.2) is 9.37 Å². The first-order chi connectivity index (χ1) is 19.3. The van der Waals surface area contributed by atoms with E-state index in [4.69, 9.17) is 15.2 Å². The molecule has 2 aliphatic heterocycles. The first-order valence-corrected chi connectivity index (χ1v) is 13.8. The van der Waals surface area contributed by atoms with Crippen molar-refractivity contribution in [2.45, 2.75) is 39.7 Å². The van der Waals surface area contributed by atoms with Gasteiger partial charge in [0, 0.05) is 25.7 Å². The molecule has 8 nitrogen and oxygen atoms in total. The third kappa shape index (κ3) is 5.79. The van der Waals surface area contributed by atoms with Gasteiger partial charge in [0.2, 0.25) is 11.8 Å². The van der Waals surface area contributed by atoms with Crippen molar-refractivity contribution in [1.29, 1.82) is 0 Å². The fraction of sp³-hybridized carbons (Fsp3) is 0.387. The van der Waals surface area contributed by atoms with E-state index in [1.807, 2.05) is 13.8 Å². The number of anilines is 1. The Kier molecular flexibility index (Phi) is 8.02. The summed E-state index contributed by atoms with van der Waals surface area (Å²) in [5.74, 6) is 1.23. The van der Waals surface area contributed by atoms with Gasteiger partial charge in [0.25, 0.3) is 0 Å². The van der Waals surface area contributed by atoms with Crippen molar-refractivity contribution in [3.05, 3.63) is 71.7 Å². The molecule has 0 atom stereocenters. The van der Waals surface area contributed by atoms with Crippen LogP contribution >= 0.6 is 0 Å². The third-order valence-corrected chi connectivity index (χ3v) is 7.81. The van der Waals surface area contributed by atoms with E-state index in [2.05, 4.69) is 22.0 Å². The largest absolute Gasteiger partial charge is 0.493 e. The number of aromatic nitrogens is 1. The number of amides is 2.